The molecule has 1 aromatic heterocycles. The van der Waals surface area contributed by atoms with Crippen LogP contribution in [-0.2, 0) is 20.1 Å². The Morgan fingerprint density at radius 1 is 0.828 bits per heavy atom. The van der Waals surface area contributed by atoms with Gasteiger partial charge >= 0.3 is 10.1 Å². The van der Waals surface area contributed by atoms with Crippen LogP contribution in [-0.4, -0.2) is 54.3 Å². The molecule has 0 aliphatic carbocycles. The van der Waals surface area contributed by atoms with Gasteiger partial charge in [0.2, 0.25) is 10.0 Å². The van der Waals surface area contributed by atoms with Gasteiger partial charge in [-0.15, -0.1) is 0 Å². The van der Waals surface area contributed by atoms with E-state index in [1.54, 1.807) is 49.3 Å². The van der Waals surface area contributed by atoms with Crippen LogP contribution < -0.4 is 9.08 Å². The number of aromatic nitrogens is 1. The number of sulfonamides is 1. The SMILES string of the molecule is CN(C)c1ccc2c(S(=O)(=O)N(C)C)ccc(OS(=O)(=O)c3ccccc3)c2n1. The molecule has 0 N–H and O–H groups in total. The van der Waals surface area contributed by atoms with Crippen molar-refractivity contribution in [2.45, 2.75) is 9.79 Å². The van der Waals surface area contributed by atoms with Crippen molar-refractivity contribution in [3.63, 3.8) is 0 Å². The molecule has 3 rings (SSSR count). The lowest BCUT2D eigenvalue weighted by Crippen LogP contribution is -2.22. The summed E-state index contributed by atoms with van der Waals surface area (Å²) in [7, 11) is -1.50. The molecule has 0 amide bonds. The van der Waals surface area contributed by atoms with Crippen molar-refractivity contribution in [3.05, 3.63) is 54.6 Å². The summed E-state index contributed by atoms with van der Waals surface area (Å²) < 4.78 is 57.2. The van der Waals surface area contributed by atoms with Crippen LogP contribution in [0.5, 0.6) is 5.75 Å². The van der Waals surface area contributed by atoms with Crippen LogP contribution in [0, 0.1) is 0 Å². The van der Waals surface area contributed by atoms with Gasteiger partial charge in [0.1, 0.15) is 16.2 Å². The second-order valence-electron chi connectivity index (χ2n) is 6.66. The minimum absolute atomic E-state index is 0.0121. The molecule has 0 saturated carbocycles. The first-order valence-electron chi connectivity index (χ1n) is 8.57. The third-order valence-electron chi connectivity index (χ3n) is 4.21. The minimum Gasteiger partial charge on any atom is -0.377 e. The maximum Gasteiger partial charge on any atom is 0.339 e. The van der Waals surface area contributed by atoms with Gasteiger partial charge in [0.15, 0.2) is 5.75 Å². The summed E-state index contributed by atoms with van der Waals surface area (Å²) in [6.07, 6.45) is 0. The van der Waals surface area contributed by atoms with E-state index in [9.17, 15) is 16.8 Å². The predicted molar refractivity (Wildman–Crippen MR) is 111 cm³/mol. The van der Waals surface area contributed by atoms with Gasteiger partial charge in [-0.25, -0.2) is 17.7 Å². The Balaban J connectivity index is 2.24. The zero-order chi connectivity index (χ0) is 21.4. The highest BCUT2D eigenvalue weighted by Gasteiger charge is 2.25. The van der Waals surface area contributed by atoms with Crippen molar-refractivity contribution in [2.24, 2.45) is 0 Å². The summed E-state index contributed by atoms with van der Waals surface area (Å²) in [6.45, 7) is 0. The predicted octanol–water partition coefficient (Wildman–Crippen LogP) is 2.32. The highest BCUT2D eigenvalue weighted by atomic mass is 32.2. The molecule has 1 heterocycles. The third-order valence-corrected chi connectivity index (χ3v) is 7.34. The molecule has 0 unspecified atom stereocenters. The fourth-order valence-corrected chi connectivity index (χ4v) is 4.68. The highest BCUT2D eigenvalue weighted by molar-refractivity contribution is 7.89. The van der Waals surface area contributed by atoms with Crippen LogP contribution in [0.4, 0.5) is 5.82 Å². The number of anilines is 1. The number of rotatable bonds is 6. The van der Waals surface area contributed by atoms with Crippen LogP contribution in [0.2, 0.25) is 0 Å². The van der Waals surface area contributed by atoms with E-state index in [0.29, 0.717) is 5.82 Å². The number of hydrogen-bond donors (Lipinski definition) is 0. The summed E-state index contributed by atoms with van der Waals surface area (Å²) in [4.78, 5) is 6.17. The van der Waals surface area contributed by atoms with Crippen LogP contribution in [0.1, 0.15) is 0 Å². The van der Waals surface area contributed by atoms with E-state index in [0.717, 1.165) is 4.31 Å². The molecule has 29 heavy (non-hydrogen) atoms. The Bertz CT molecular complexity index is 1260. The Hall–Kier alpha value is -2.69. The molecule has 154 valence electrons. The molecule has 0 aliphatic rings. The molecule has 3 aromatic rings. The lowest BCUT2D eigenvalue weighted by atomic mass is 10.2. The van der Waals surface area contributed by atoms with Crippen molar-refractivity contribution in [2.75, 3.05) is 33.1 Å². The van der Waals surface area contributed by atoms with Gasteiger partial charge in [-0.05, 0) is 36.4 Å². The van der Waals surface area contributed by atoms with E-state index in [2.05, 4.69) is 4.98 Å². The van der Waals surface area contributed by atoms with Gasteiger partial charge in [0, 0.05) is 33.6 Å². The quantitative estimate of drug-likeness (QED) is 0.548. The normalized spacial score (nSPS) is 12.3. The standard InChI is InChI=1S/C19H21N3O5S2/c1-21(2)18-13-10-15-17(28(23,24)22(3)4)12-11-16(19(15)20-18)27-29(25,26)14-8-6-5-7-9-14/h5-13H,1-4H3. The second kappa shape index (κ2) is 7.62. The summed E-state index contributed by atoms with van der Waals surface area (Å²) in [6, 6.07) is 13.6. The molecule has 0 fully saturated rings. The van der Waals surface area contributed by atoms with Gasteiger partial charge < -0.3 is 9.08 Å². The number of hydrogen-bond acceptors (Lipinski definition) is 7. The molecule has 8 nitrogen and oxygen atoms in total. The molecular formula is C19H21N3O5S2. The van der Waals surface area contributed by atoms with E-state index < -0.39 is 20.1 Å². The molecule has 10 heteroatoms. The van der Waals surface area contributed by atoms with Crippen molar-refractivity contribution in [3.8, 4) is 5.75 Å². The Morgan fingerprint density at radius 3 is 2.07 bits per heavy atom. The van der Waals surface area contributed by atoms with Crippen molar-refractivity contribution in [1.29, 1.82) is 0 Å². The van der Waals surface area contributed by atoms with Gasteiger partial charge in [0.05, 0.1) is 4.90 Å². The van der Waals surface area contributed by atoms with E-state index in [4.69, 9.17) is 4.18 Å². The number of pyridine rings is 1. The first-order valence-corrected chi connectivity index (χ1v) is 11.4. The summed E-state index contributed by atoms with van der Waals surface area (Å²) in [5.74, 6) is 0.476. The molecule has 0 bridgehead atoms. The number of nitrogens with zero attached hydrogens (tertiary/aromatic N) is 3. The Morgan fingerprint density at radius 2 is 1.48 bits per heavy atom. The van der Waals surface area contributed by atoms with Crippen molar-refractivity contribution >= 4 is 36.9 Å². The zero-order valence-corrected chi connectivity index (χ0v) is 18.0. The largest absolute Gasteiger partial charge is 0.377 e. The molecular weight excluding hydrogens is 414 g/mol. The number of benzene rings is 2. The maximum atomic E-state index is 12.7. The van der Waals surface area contributed by atoms with Gasteiger partial charge in [0.25, 0.3) is 0 Å². The van der Waals surface area contributed by atoms with Crippen LogP contribution in [0.15, 0.2) is 64.4 Å². The second-order valence-corrected chi connectivity index (χ2v) is 10.3. The maximum absolute atomic E-state index is 12.7. The fraction of sp³-hybridized carbons (Fsp3) is 0.211. The number of fused-ring (bicyclic) bond motifs is 1. The van der Waals surface area contributed by atoms with Gasteiger partial charge in [-0.3, -0.25) is 0 Å². The van der Waals surface area contributed by atoms with Crippen LogP contribution in [0.3, 0.4) is 0 Å². The Labute approximate surface area is 170 Å². The lowest BCUT2D eigenvalue weighted by molar-refractivity contribution is 0.488. The van der Waals surface area contributed by atoms with E-state index >= 15 is 0 Å². The van der Waals surface area contributed by atoms with Gasteiger partial charge in [-0.1, -0.05) is 18.2 Å². The van der Waals surface area contributed by atoms with Crippen molar-refractivity contribution < 1.29 is 21.0 Å². The molecule has 0 atom stereocenters. The molecule has 0 aliphatic heterocycles. The average molecular weight is 436 g/mol. The van der Waals surface area contributed by atoms with Crippen LogP contribution >= 0.6 is 0 Å². The molecule has 0 radical (unpaired) electrons. The third kappa shape index (κ3) is 4.04. The summed E-state index contributed by atoms with van der Waals surface area (Å²) >= 11 is 0. The fourth-order valence-electron chi connectivity index (χ4n) is 2.65. The van der Waals surface area contributed by atoms with Crippen molar-refractivity contribution in [1.82, 2.24) is 9.29 Å². The first kappa shape index (κ1) is 21.0. The summed E-state index contributed by atoms with van der Waals surface area (Å²) in [5.41, 5.74) is 0.138. The van der Waals surface area contributed by atoms with E-state index in [1.165, 1.54) is 38.4 Å². The molecule has 2 aromatic carbocycles. The first-order chi connectivity index (χ1) is 13.5. The lowest BCUT2D eigenvalue weighted by Gasteiger charge is -2.17. The van der Waals surface area contributed by atoms with E-state index in [1.807, 2.05) is 0 Å². The van der Waals surface area contributed by atoms with Crippen LogP contribution in [0.25, 0.3) is 10.9 Å². The van der Waals surface area contributed by atoms with Gasteiger partial charge in [-0.2, -0.15) is 8.42 Å². The van der Waals surface area contributed by atoms with E-state index in [-0.39, 0.29) is 26.4 Å². The monoisotopic (exact) mass is 435 g/mol. The smallest absolute Gasteiger partial charge is 0.339 e. The minimum atomic E-state index is -4.12. The zero-order valence-electron chi connectivity index (χ0n) is 16.4. The summed E-state index contributed by atoms with van der Waals surface area (Å²) in [5, 5.41) is 0.269. The average Bonchev–Trinajstić information content (AvgIpc) is 2.68. The molecule has 0 saturated heterocycles. The highest BCUT2D eigenvalue weighted by Crippen LogP contribution is 2.33. The topological polar surface area (TPSA) is 96.9 Å². The Kier molecular flexibility index (Phi) is 5.52. The molecule has 0 spiro atoms.